The van der Waals surface area contributed by atoms with Crippen molar-refractivity contribution in [3.05, 3.63) is 80.7 Å². The van der Waals surface area contributed by atoms with Gasteiger partial charge in [-0.05, 0) is 56.2 Å². The number of carbonyl (C=O) groups is 1. The molecule has 29 heavy (non-hydrogen) atoms. The van der Waals surface area contributed by atoms with E-state index in [4.69, 9.17) is 32.5 Å². The molecular formula is C22H22Cl2N2O3. The van der Waals surface area contributed by atoms with Gasteiger partial charge >= 0.3 is 0 Å². The lowest BCUT2D eigenvalue weighted by molar-refractivity contribution is -0.121. The van der Waals surface area contributed by atoms with E-state index < -0.39 is 0 Å². The summed E-state index contributed by atoms with van der Waals surface area (Å²) in [6.07, 6.45) is 0.264. The summed E-state index contributed by atoms with van der Waals surface area (Å²) in [5.74, 6) is 1.38. The number of amides is 1. The average Bonchev–Trinajstić information content (AvgIpc) is 2.98. The van der Waals surface area contributed by atoms with E-state index in [1.807, 2.05) is 51.1 Å². The summed E-state index contributed by atoms with van der Waals surface area (Å²) in [6.45, 7) is 6.02. The van der Waals surface area contributed by atoms with Crippen LogP contribution in [0.5, 0.6) is 5.75 Å². The van der Waals surface area contributed by atoms with E-state index in [-0.39, 0.29) is 18.4 Å². The Morgan fingerprint density at radius 1 is 1.17 bits per heavy atom. The van der Waals surface area contributed by atoms with Gasteiger partial charge in [0, 0.05) is 10.0 Å². The summed E-state index contributed by atoms with van der Waals surface area (Å²) in [4.78, 5) is 12.4. The number of aromatic nitrogens is 1. The molecule has 2 aromatic carbocycles. The minimum Gasteiger partial charge on any atom is -0.489 e. The Kier molecular flexibility index (Phi) is 6.83. The number of halogens is 2. The van der Waals surface area contributed by atoms with Crippen LogP contribution in [0.1, 0.15) is 41.1 Å². The second kappa shape index (κ2) is 9.33. The van der Waals surface area contributed by atoms with Crippen molar-refractivity contribution in [2.45, 2.75) is 39.8 Å². The molecule has 1 heterocycles. The van der Waals surface area contributed by atoms with E-state index in [2.05, 4.69) is 10.5 Å². The van der Waals surface area contributed by atoms with Gasteiger partial charge in [-0.3, -0.25) is 4.79 Å². The predicted molar refractivity (Wildman–Crippen MR) is 113 cm³/mol. The number of aryl methyl sites for hydroxylation is 2. The molecule has 1 N–H and O–H groups in total. The Balaban J connectivity index is 1.54. The Morgan fingerprint density at radius 3 is 2.52 bits per heavy atom. The third kappa shape index (κ3) is 5.52. The number of carbonyl (C=O) groups excluding carboxylic acids is 1. The zero-order valence-electron chi connectivity index (χ0n) is 16.5. The molecule has 0 aliphatic carbocycles. The highest BCUT2D eigenvalue weighted by Gasteiger charge is 2.14. The van der Waals surface area contributed by atoms with Gasteiger partial charge < -0.3 is 14.6 Å². The lowest BCUT2D eigenvalue weighted by Crippen LogP contribution is -2.28. The van der Waals surface area contributed by atoms with Crippen molar-refractivity contribution in [2.24, 2.45) is 0 Å². The molecule has 7 heteroatoms. The number of ether oxygens (including phenoxy) is 1. The monoisotopic (exact) mass is 432 g/mol. The fourth-order valence-corrected chi connectivity index (χ4v) is 3.55. The molecule has 0 saturated carbocycles. The SMILES string of the molecule is Cc1noc(C)c1COc1ccc(CC(=O)NC(C)c2ccc(Cl)cc2Cl)cc1. The smallest absolute Gasteiger partial charge is 0.224 e. The number of benzene rings is 2. The fourth-order valence-electron chi connectivity index (χ4n) is 2.98. The predicted octanol–water partition coefficient (Wildman–Crippen LogP) is 5.60. The van der Waals surface area contributed by atoms with Crippen LogP contribution in [0.4, 0.5) is 0 Å². The molecule has 0 saturated heterocycles. The van der Waals surface area contributed by atoms with Crippen molar-refractivity contribution in [3.63, 3.8) is 0 Å². The van der Waals surface area contributed by atoms with Crippen molar-refractivity contribution in [2.75, 3.05) is 0 Å². The Morgan fingerprint density at radius 2 is 1.90 bits per heavy atom. The summed E-state index contributed by atoms with van der Waals surface area (Å²) < 4.78 is 10.9. The summed E-state index contributed by atoms with van der Waals surface area (Å²) in [7, 11) is 0. The molecule has 0 aliphatic heterocycles. The van der Waals surface area contributed by atoms with Crippen LogP contribution in [0.25, 0.3) is 0 Å². The fraction of sp³-hybridized carbons (Fsp3) is 0.273. The molecular weight excluding hydrogens is 411 g/mol. The minimum absolute atomic E-state index is 0.0899. The number of rotatable bonds is 7. The van der Waals surface area contributed by atoms with E-state index in [9.17, 15) is 4.79 Å². The largest absolute Gasteiger partial charge is 0.489 e. The molecule has 1 amide bonds. The molecule has 0 bridgehead atoms. The van der Waals surface area contributed by atoms with E-state index in [1.54, 1.807) is 12.1 Å². The van der Waals surface area contributed by atoms with Crippen molar-refractivity contribution < 1.29 is 14.1 Å². The highest BCUT2D eigenvalue weighted by molar-refractivity contribution is 6.35. The molecule has 3 aromatic rings. The highest BCUT2D eigenvalue weighted by atomic mass is 35.5. The maximum Gasteiger partial charge on any atom is 0.224 e. The minimum atomic E-state index is -0.218. The van der Waals surface area contributed by atoms with Crippen LogP contribution in [0.2, 0.25) is 10.0 Å². The molecule has 1 unspecified atom stereocenters. The lowest BCUT2D eigenvalue weighted by atomic mass is 10.1. The molecule has 0 radical (unpaired) electrons. The second-order valence-corrected chi connectivity index (χ2v) is 7.71. The summed E-state index contributed by atoms with van der Waals surface area (Å²) in [5.41, 5.74) is 3.49. The van der Waals surface area contributed by atoms with Crippen LogP contribution >= 0.6 is 23.2 Å². The zero-order valence-corrected chi connectivity index (χ0v) is 18.0. The highest BCUT2D eigenvalue weighted by Crippen LogP contribution is 2.26. The van der Waals surface area contributed by atoms with Crippen molar-refractivity contribution in [1.82, 2.24) is 10.5 Å². The molecule has 0 spiro atoms. The molecule has 3 rings (SSSR count). The van der Waals surface area contributed by atoms with Crippen LogP contribution in [0.15, 0.2) is 47.0 Å². The molecule has 0 fully saturated rings. The first kappa shape index (κ1) is 21.2. The second-order valence-electron chi connectivity index (χ2n) is 6.87. The number of nitrogens with zero attached hydrogens (tertiary/aromatic N) is 1. The maximum atomic E-state index is 12.4. The van der Waals surface area contributed by atoms with Gasteiger partial charge in [-0.25, -0.2) is 0 Å². The molecule has 0 aliphatic rings. The first-order chi connectivity index (χ1) is 13.8. The van der Waals surface area contributed by atoms with Gasteiger partial charge in [-0.2, -0.15) is 0 Å². The number of hydrogen-bond acceptors (Lipinski definition) is 4. The topological polar surface area (TPSA) is 64.4 Å². The summed E-state index contributed by atoms with van der Waals surface area (Å²) in [5, 5.41) is 7.97. The van der Waals surface area contributed by atoms with E-state index in [0.717, 1.165) is 33.9 Å². The van der Waals surface area contributed by atoms with Crippen LogP contribution < -0.4 is 10.1 Å². The summed E-state index contributed by atoms with van der Waals surface area (Å²) >= 11 is 12.1. The lowest BCUT2D eigenvalue weighted by Gasteiger charge is -2.16. The third-order valence-corrected chi connectivity index (χ3v) is 5.22. The number of nitrogens with one attached hydrogen (secondary N) is 1. The number of hydrogen-bond donors (Lipinski definition) is 1. The normalized spacial score (nSPS) is 11.9. The van der Waals surface area contributed by atoms with Crippen LogP contribution in [0, 0.1) is 13.8 Å². The quantitative estimate of drug-likeness (QED) is 0.527. The van der Waals surface area contributed by atoms with E-state index >= 15 is 0 Å². The van der Waals surface area contributed by atoms with Gasteiger partial charge in [0.05, 0.1) is 23.7 Å². The van der Waals surface area contributed by atoms with Gasteiger partial charge in [0.15, 0.2) is 0 Å². The van der Waals surface area contributed by atoms with Gasteiger partial charge in [0.2, 0.25) is 5.91 Å². The standard InChI is InChI=1S/C22H22Cl2N2O3/c1-13(19-9-6-17(23)11-21(19)24)25-22(27)10-16-4-7-18(8-5-16)28-12-20-14(2)26-29-15(20)3/h4-9,11,13H,10,12H2,1-3H3,(H,25,27). The van der Waals surface area contributed by atoms with Gasteiger partial charge in [-0.15, -0.1) is 0 Å². The zero-order chi connectivity index (χ0) is 21.0. The first-order valence-electron chi connectivity index (χ1n) is 9.21. The van der Waals surface area contributed by atoms with Gasteiger partial charge in [0.25, 0.3) is 0 Å². The molecule has 1 atom stereocenters. The Hall–Kier alpha value is -2.50. The first-order valence-corrected chi connectivity index (χ1v) is 9.97. The van der Waals surface area contributed by atoms with Gasteiger partial charge in [-0.1, -0.05) is 46.6 Å². The Bertz CT molecular complexity index is 980. The van der Waals surface area contributed by atoms with Crippen molar-refractivity contribution >= 4 is 29.1 Å². The third-order valence-electron chi connectivity index (χ3n) is 4.66. The average molecular weight is 433 g/mol. The maximum absolute atomic E-state index is 12.4. The van der Waals surface area contributed by atoms with Crippen LogP contribution in [-0.2, 0) is 17.8 Å². The Labute approximate surface area is 179 Å². The van der Waals surface area contributed by atoms with Crippen molar-refractivity contribution in [1.29, 1.82) is 0 Å². The summed E-state index contributed by atoms with van der Waals surface area (Å²) in [6, 6.07) is 12.5. The van der Waals surface area contributed by atoms with Crippen LogP contribution in [-0.4, -0.2) is 11.1 Å². The molecule has 152 valence electrons. The van der Waals surface area contributed by atoms with Gasteiger partial charge in [0.1, 0.15) is 18.1 Å². The van der Waals surface area contributed by atoms with E-state index in [1.165, 1.54) is 0 Å². The van der Waals surface area contributed by atoms with E-state index in [0.29, 0.717) is 16.7 Å². The molecule has 1 aromatic heterocycles. The van der Waals surface area contributed by atoms with Crippen LogP contribution in [0.3, 0.4) is 0 Å². The molecule has 5 nitrogen and oxygen atoms in total. The van der Waals surface area contributed by atoms with Crippen molar-refractivity contribution in [3.8, 4) is 5.75 Å².